The van der Waals surface area contributed by atoms with Crippen LogP contribution in [0.5, 0.6) is 0 Å². The summed E-state index contributed by atoms with van der Waals surface area (Å²) < 4.78 is 5.79. The predicted octanol–water partition coefficient (Wildman–Crippen LogP) is 5.42. The molecule has 9 nitrogen and oxygen atoms in total. The van der Waals surface area contributed by atoms with E-state index >= 15 is 0 Å². The highest BCUT2D eigenvalue weighted by atomic mass is 32.2. The van der Waals surface area contributed by atoms with Gasteiger partial charge in [-0.15, -0.1) is 23.1 Å². The topological polar surface area (TPSA) is 127 Å². The Balaban J connectivity index is 1.62. The van der Waals surface area contributed by atoms with Gasteiger partial charge in [-0.1, -0.05) is 64.3 Å². The number of rotatable bonds is 12. The number of thiazole rings is 1. The molecule has 2 aliphatic rings. The van der Waals surface area contributed by atoms with E-state index in [1.807, 2.05) is 25.3 Å². The van der Waals surface area contributed by atoms with Gasteiger partial charge < -0.3 is 15.4 Å². The highest BCUT2D eigenvalue weighted by Crippen LogP contribution is 2.32. The molecule has 2 N–H and O–H groups in total. The van der Waals surface area contributed by atoms with Gasteiger partial charge in [0.05, 0.1) is 13.0 Å². The summed E-state index contributed by atoms with van der Waals surface area (Å²) in [6.07, 6.45) is 10.5. The summed E-state index contributed by atoms with van der Waals surface area (Å²) in [5.74, 6) is -0.281. The molecule has 3 atom stereocenters. The number of unbranched alkanes of at least 4 members (excludes halogenated alkanes) is 5. The minimum Gasteiger partial charge on any atom is -0.456 e. The minimum atomic E-state index is -1.03. The number of allylic oxidation sites excluding steroid dienone is 1. The molecule has 1 aromatic heterocycles. The number of nitrogens with zero attached hydrogens (tertiary/aromatic N) is 2. The number of esters is 1. The van der Waals surface area contributed by atoms with Crippen LogP contribution in [-0.4, -0.2) is 62.1 Å². The average Bonchev–Trinajstić information content (AvgIpc) is 3.59. The third-order valence-corrected chi connectivity index (χ3v) is 10.2. The zero-order valence-electron chi connectivity index (χ0n) is 25.1. The van der Waals surface area contributed by atoms with Crippen LogP contribution in [0.2, 0.25) is 0 Å². The summed E-state index contributed by atoms with van der Waals surface area (Å²) in [6, 6.07) is -0.888. The molecule has 1 unspecified atom stereocenters. The van der Waals surface area contributed by atoms with Crippen LogP contribution in [0.25, 0.3) is 0 Å². The molecular weight excluding hydrogens is 593 g/mol. The fourth-order valence-electron chi connectivity index (χ4n) is 4.41. The van der Waals surface area contributed by atoms with Crippen molar-refractivity contribution >= 4 is 62.8 Å². The first-order valence-corrected chi connectivity index (χ1v) is 17.7. The predicted molar refractivity (Wildman–Crippen MR) is 172 cm³/mol. The molecule has 0 fully saturated rings. The maximum absolute atomic E-state index is 13.3. The number of amides is 2. The molecule has 0 spiro atoms. The van der Waals surface area contributed by atoms with Gasteiger partial charge in [-0.25, -0.2) is 9.78 Å². The minimum absolute atomic E-state index is 0.0508. The molecule has 12 heteroatoms. The van der Waals surface area contributed by atoms with Crippen molar-refractivity contribution in [3.8, 4) is 0 Å². The molecule has 0 saturated carbocycles. The fraction of sp³-hybridized carbons (Fsp3) is 0.667. The van der Waals surface area contributed by atoms with E-state index in [1.165, 1.54) is 54.1 Å². The van der Waals surface area contributed by atoms with Crippen molar-refractivity contribution < 1.29 is 23.9 Å². The second kappa shape index (κ2) is 17.2. The van der Waals surface area contributed by atoms with Gasteiger partial charge >= 0.3 is 5.97 Å². The fourth-order valence-corrected chi connectivity index (χ4v) is 7.16. The zero-order chi connectivity index (χ0) is 30.5. The van der Waals surface area contributed by atoms with Crippen LogP contribution in [0.4, 0.5) is 0 Å². The molecule has 42 heavy (non-hydrogen) atoms. The quantitative estimate of drug-likeness (QED) is 0.177. The van der Waals surface area contributed by atoms with Crippen molar-refractivity contribution in [2.75, 3.05) is 11.5 Å². The number of hydrogen-bond donors (Lipinski definition) is 2. The third-order valence-electron chi connectivity index (χ3n) is 7.01. The van der Waals surface area contributed by atoms with Gasteiger partial charge in [0, 0.05) is 23.3 Å². The summed E-state index contributed by atoms with van der Waals surface area (Å²) in [7, 11) is 0. The molecule has 0 aromatic carbocycles. The summed E-state index contributed by atoms with van der Waals surface area (Å²) in [5, 5.41) is 9.24. The lowest BCUT2D eigenvalue weighted by molar-refractivity contribution is -0.153. The second-order valence-electron chi connectivity index (χ2n) is 11.2. The van der Waals surface area contributed by atoms with E-state index in [4.69, 9.17) is 4.74 Å². The highest BCUT2D eigenvalue weighted by molar-refractivity contribution is 8.14. The van der Waals surface area contributed by atoms with Crippen LogP contribution in [0.1, 0.15) is 96.2 Å². The molecule has 3 rings (SSSR count). The molecule has 2 amide bonds. The van der Waals surface area contributed by atoms with Gasteiger partial charge in [-0.2, -0.15) is 0 Å². The summed E-state index contributed by atoms with van der Waals surface area (Å²) in [5.41, 5.74) is -0.346. The molecular formula is C30H44N4O5S3. The Labute approximate surface area is 261 Å². The van der Waals surface area contributed by atoms with E-state index in [9.17, 15) is 19.2 Å². The summed E-state index contributed by atoms with van der Waals surface area (Å²) in [4.78, 5) is 60.7. The van der Waals surface area contributed by atoms with Gasteiger partial charge in [0.1, 0.15) is 33.4 Å². The Morgan fingerprint density at radius 1 is 1.21 bits per heavy atom. The lowest BCUT2D eigenvalue weighted by Gasteiger charge is -2.27. The molecule has 2 aliphatic heterocycles. The Kier molecular flexibility index (Phi) is 14.1. The zero-order valence-corrected chi connectivity index (χ0v) is 27.6. The highest BCUT2D eigenvalue weighted by Gasteiger charge is 2.41. The van der Waals surface area contributed by atoms with Crippen molar-refractivity contribution in [2.45, 2.75) is 110 Å². The van der Waals surface area contributed by atoms with Crippen molar-refractivity contribution in [1.82, 2.24) is 15.6 Å². The largest absolute Gasteiger partial charge is 0.456 e. The maximum atomic E-state index is 13.3. The van der Waals surface area contributed by atoms with Crippen LogP contribution in [0.15, 0.2) is 22.5 Å². The molecule has 0 aliphatic carbocycles. The average molecular weight is 637 g/mol. The SMILES string of the molecule is CCCCCCCC(=O)SCCC/C=C/[C@@H]1CC(=O)NCc2nc(cs2)C2=N[C@@](C)(CS2)C(=O)NC(C(C)C)C(=O)O1. The number of ether oxygens (including phenoxy) is 1. The third kappa shape index (κ3) is 10.8. The number of fused-ring (bicyclic) bond motifs is 4. The van der Waals surface area contributed by atoms with E-state index in [-0.39, 0.29) is 35.8 Å². The lowest BCUT2D eigenvalue weighted by Crippen LogP contribution is -2.53. The van der Waals surface area contributed by atoms with E-state index in [2.05, 4.69) is 27.5 Å². The molecule has 232 valence electrons. The van der Waals surface area contributed by atoms with Crippen LogP contribution < -0.4 is 10.6 Å². The molecule has 0 radical (unpaired) electrons. The Morgan fingerprint density at radius 3 is 2.76 bits per heavy atom. The first-order chi connectivity index (χ1) is 20.1. The number of aromatic nitrogens is 1. The Hall–Kier alpha value is -2.18. The number of cyclic esters (lactones) is 1. The summed E-state index contributed by atoms with van der Waals surface area (Å²) >= 11 is 4.24. The Bertz CT molecular complexity index is 1150. The number of carbonyl (C=O) groups excluding carboxylic acids is 4. The van der Waals surface area contributed by atoms with Crippen LogP contribution in [-0.2, 0) is 30.5 Å². The molecule has 0 saturated heterocycles. The van der Waals surface area contributed by atoms with Crippen molar-refractivity contribution in [3.63, 3.8) is 0 Å². The van der Waals surface area contributed by atoms with Crippen molar-refractivity contribution in [3.05, 3.63) is 28.2 Å². The number of thioether (sulfide) groups is 2. The van der Waals surface area contributed by atoms with Crippen LogP contribution >= 0.6 is 34.9 Å². The van der Waals surface area contributed by atoms with Crippen LogP contribution in [0.3, 0.4) is 0 Å². The number of aliphatic imine (C=N–C) groups is 1. The van der Waals surface area contributed by atoms with E-state index < -0.39 is 23.7 Å². The van der Waals surface area contributed by atoms with Crippen LogP contribution in [0, 0.1) is 5.92 Å². The Morgan fingerprint density at radius 2 is 2.00 bits per heavy atom. The van der Waals surface area contributed by atoms with E-state index in [0.717, 1.165) is 30.0 Å². The first-order valence-electron chi connectivity index (χ1n) is 14.9. The molecule has 3 heterocycles. The number of nitrogens with one attached hydrogen (secondary N) is 2. The standard InChI is InChI=1S/C30H44N4O5S3/c1-5-6-7-8-11-14-25(36)40-15-12-9-10-13-21-16-23(35)31-17-24-32-22(18-41-24)27-34-30(4,19-42-27)29(38)33-26(20(2)3)28(37)39-21/h10,13,18,20-21,26H,5-9,11-12,14-17,19H2,1-4H3,(H,31,35)(H,33,38)/b13-10+/t21-,26?,30+/m1/s1. The smallest absolute Gasteiger partial charge is 0.329 e. The van der Waals surface area contributed by atoms with Gasteiger partial charge in [-0.3, -0.25) is 19.4 Å². The molecule has 1 aromatic rings. The number of carbonyl (C=O) groups is 4. The van der Waals surface area contributed by atoms with E-state index in [0.29, 0.717) is 29.3 Å². The van der Waals surface area contributed by atoms with Crippen molar-refractivity contribution in [2.24, 2.45) is 10.9 Å². The second-order valence-corrected chi connectivity index (χ2v) is 14.3. The van der Waals surface area contributed by atoms with Crippen molar-refractivity contribution in [1.29, 1.82) is 0 Å². The first kappa shape index (κ1) is 34.3. The summed E-state index contributed by atoms with van der Waals surface area (Å²) in [6.45, 7) is 7.86. The number of hydrogen-bond acceptors (Lipinski definition) is 10. The molecule has 4 bridgehead atoms. The van der Waals surface area contributed by atoms with Gasteiger partial charge in [0.15, 0.2) is 5.12 Å². The van der Waals surface area contributed by atoms with Gasteiger partial charge in [0.2, 0.25) is 11.8 Å². The van der Waals surface area contributed by atoms with Gasteiger partial charge in [-0.05, 0) is 38.2 Å². The maximum Gasteiger partial charge on any atom is 0.329 e. The normalized spacial score (nSPS) is 23.5. The van der Waals surface area contributed by atoms with E-state index in [1.54, 1.807) is 13.0 Å². The van der Waals surface area contributed by atoms with Gasteiger partial charge in [0.25, 0.3) is 0 Å². The lowest BCUT2D eigenvalue weighted by atomic mass is 10.0. The monoisotopic (exact) mass is 636 g/mol.